The predicted octanol–water partition coefficient (Wildman–Crippen LogP) is 21.7. The Labute approximate surface area is 490 Å². The van der Waals surface area contributed by atoms with Gasteiger partial charge in [0.15, 0.2) is 6.10 Å². The van der Waals surface area contributed by atoms with E-state index >= 15 is 0 Å². The second-order valence-corrected chi connectivity index (χ2v) is 25.7. The van der Waals surface area contributed by atoms with Crippen molar-refractivity contribution in [2.45, 2.75) is 335 Å². The minimum Gasteiger partial charge on any atom is -0.462 e. The highest BCUT2D eigenvalue weighted by molar-refractivity contribution is 7.47. The smallest absolute Gasteiger partial charge is 0.462 e. The van der Waals surface area contributed by atoms with E-state index in [2.05, 4.69) is 62.5 Å². The summed E-state index contributed by atoms with van der Waals surface area (Å²) in [6.45, 7) is 4.46. The van der Waals surface area contributed by atoms with Gasteiger partial charge in [-0.05, 0) is 77.0 Å². The number of carbonyl (C=O) groups excluding carboxylic acids is 2. The minimum absolute atomic E-state index is 0.0327. The summed E-state index contributed by atoms with van der Waals surface area (Å²) in [5.41, 5.74) is 0. The second kappa shape index (κ2) is 60.6. The number of phosphoric ester groups is 1. The summed E-state index contributed by atoms with van der Waals surface area (Å²) < 4.78 is 34.7. The van der Waals surface area contributed by atoms with Crippen LogP contribution in [-0.2, 0) is 32.7 Å². The first kappa shape index (κ1) is 77.0. The van der Waals surface area contributed by atoms with Crippen LogP contribution in [0.15, 0.2) is 48.6 Å². The van der Waals surface area contributed by atoms with Gasteiger partial charge in [-0.2, -0.15) is 0 Å². The van der Waals surface area contributed by atoms with Crippen molar-refractivity contribution in [3.63, 3.8) is 0 Å². The van der Waals surface area contributed by atoms with Gasteiger partial charge < -0.3 is 18.9 Å². The van der Waals surface area contributed by atoms with Crippen LogP contribution in [0.25, 0.3) is 0 Å². The van der Waals surface area contributed by atoms with Crippen molar-refractivity contribution in [2.75, 3.05) is 47.5 Å². The van der Waals surface area contributed by atoms with E-state index in [4.69, 9.17) is 18.5 Å². The van der Waals surface area contributed by atoms with Crippen molar-refractivity contribution in [1.82, 2.24) is 0 Å². The standard InChI is InChI=1S/C69H130NO8P/c1-6-8-10-12-14-16-18-20-22-24-26-27-28-29-30-31-32-33-34-35-36-37-38-39-40-41-42-43-44-46-48-50-52-54-56-58-60-62-69(72)78-67(66-77-79(73,74)76-64-63-70(3,4)5)65-75-68(71)61-59-57-55-53-51-49-47-45-25-23-21-19-17-15-13-11-9-7-2/h18,20,23-26,28-29,67H,6-17,19,21-22,27,30-66H2,1-5H3/p+1/b20-18-,25-23-,26-24-,29-28-. The lowest BCUT2D eigenvalue weighted by Gasteiger charge is -2.24. The lowest BCUT2D eigenvalue weighted by atomic mass is 10.0. The summed E-state index contributed by atoms with van der Waals surface area (Å²) in [6, 6.07) is 0. The number of rotatable bonds is 63. The topological polar surface area (TPSA) is 108 Å². The van der Waals surface area contributed by atoms with Crippen LogP contribution in [0.1, 0.15) is 328 Å². The highest BCUT2D eigenvalue weighted by Crippen LogP contribution is 2.43. The van der Waals surface area contributed by atoms with Gasteiger partial charge in [0, 0.05) is 12.8 Å². The molecule has 2 atom stereocenters. The summed E-state index contributed by atoms with van der Waals surface area (Å²) in [6.07, 6.45) is 77.9. The summed E-state index contributed by atoms with van der Waals surface area (Å²) in [4.78, 5) is 35.8. The molecule has 0 radical (unpaired) electrons. The number of allylic oxidation sites excluding steroid dienone is 8. The molecule has 0 amide bonds. The number of nitrogens with zero attached hydrogens (tertiary/aromatic N) is 1. The van der Waals surface area contributed by atoms with E-state index in [0.717, 1.165) is 44.9 Å². The molecule has 0 aliphatic rings. The molecule has 0 aromatic carbocycles. The number of hydrogen-bond acceptors (Lipinski definition) is 7. The molecule has 464 valence electrons. The number of likely N-dealkylation sites (N-methyl/N-ethyl adjacent to an activating group) is 1. The minimum atomic E-state index is -4.39. The molecule has 0 aromatic heterocycles. The predicted molar refractivity (Wildman–Crippen MR) is 340 cm³/mol. The van der Waals surface area contributed by atoms with Crippen molar-refractivity contribution in [1.29, 1.82) is 0 Å². The van der Waals surface area contributed by atoms with Gasteiger partial charge in [-0.15, -0.1) is 0 Å². The van der Waals surface area contributed by atoms with Gasteiger partial charge in [0.1, 0.15) is 19.8 Å². The van der Waals surface area contributed by atoms with Crippen molar-refractivity contribution in [3.8, 4) is 0 Å². The van der Waals surface area contributed by atoms with Gasteiger partial charge >= 0.3 is 19.8 Å². The average Bonchev–Trinajstić information content (AvgIpc) is 3.41. The summed E-state index contributed by atoms with van der Waals surface area (Å²) in [5, 5.41) is 0. The molecule has 0 bridgehead atoms. The zero-order valence-corrected chi connectivity index (χ0v) is 53.8. The van der Waals surface area contributed by atoms with Crippen LogP contribution in [0.2, 0.25) is 0 Å². The molecule has 0 saturated heterocycles. The molecule has 0 rings (SSSR count). The van der Waals surface area contributed by atoms with Crippen LogP contribution in [0, 0.1) is 0 Å². The summed E-state index contributed by atoms with van der Waals surface area (Å²) in [5.74, 6) is -0.787. The van der Waals surface area contributed by atoms with E-state index < -0.39 is 26.5 Å². The van der Waals surface area contributed by atoms with Crippen LogP contribution in [0.5, 0.6) is 0 Å². The van der Waals surface area contributed by atoms with E-state index in [1.54, 1.807) is 0 Å². The molecule has 0 fully saturated rings. The Morgan fingerprint density at radius 1 is 0.392 bits per heavy atom. The first-order valence-electron chi connectivity index (χ1n) is 33.9. The lowest BCUT2D eigenvalue weighted by Crippen LogP contribution is -2.37. The van der Waals surface area contributed by atoms with Gasteiger partial charge in [-0.3, -0.25) is 18.6 Å². The molecule has 79 heavy (non-hydrogen) atoms. The van der Waals surface area contributed by atoms with Gasteiger partial charge in [-0.25, -0.2) is 4.57 Å². The SMILES string of the molecule is CCCCCCC/C=C\C/C=C\C/C=C\CCCCCCCCCCCCCCCCCCCCCCCCC(=O)OC(COC(=O)CCCCCCCCC/C=C\CCCCCCCCC)COP(=O)(O)OCC[N+](C)(C)C. The van der Waals surface area contributed by atoms with Crippen molar-refractivity contribution < 1.29 is 42.1 Å². The van der Waals surface area contributed by atoms with Gasteiger partial charge in [0.25, 0.3) is 0 Å². The first-order chi connectivity index (χ1) is 38.5. The Morgan fingerprint density at radius 2 is 0.684 bits per heavy atom. The third kappa shape index (κ3) is 65.0. The second-order valence-electron chi connectivity index (χ2n) is 24.2. The fraction of sp³-hybridized carbons (Fsp3) is 0.855. The van der Waals surface area contributed by atoms with E-state index in [0.29, 0.717) is 17.4 Å². The first-order valence-corrected chi connectivity index (χ1v) is 35.4. The van der Waals surface area contributed by atoms with Crippen LogP contribution < -0.4 is 0 Å². The van der Waals surface area contributed by atoms with Gasteiger partial charge in [-0.1, -0.05) is 287 Å². The largest absolute Gasteiger partial charge is 0.472 e. The van der Waals surface area contributed by atoms with Crippen LogP contribution >= 0.6 is 7.82 Å². The zero-order chi connectivity index (χ0) is 57.7. The van der Waals surface area contributed by atoms with E-state index in [-0.39, 0.29) is 32.0 Å². The summed E-state index contributed by atoms with van der Waals surface area (Å²) >= 11 is 0. The molecular formula is C69H131NO8P+. The van der Waals surface area contributed by atoms with E-state index in [1.165, 1.54) is 250 Å². The van der Waals surface area contributed by atoms with E-state index in [9.17, 15) is 19.0 Å². The molecule has 10 heteroatoms. The molecule has 0 aliphatic carbocycles. The number of carbonyl (C=O) groups is 2. The average molecular weight is 1130 g/mol. The van der Waals surface area contributed by atoms with Crippen molar-refractivity contribution >= 4 is 19.8 Å². The number of ether oxygens (including phenoxy) is 2. The van der Waals surface area contributed by atoms with Crippen LogP contribution in [0.3, 0.4) is 0 Å². The Balaban J connectivity index is 3.95. The number of unbranched alkanes of at least 4 members (excludes halogenated alkanes) is 41. The van der Waals surface area contributed by atoms with Crippen molar-refractivity contribution in [2.24, 2.45) is 0 Å². The normalized spacial score (nSPS) is 13.4. The Hall–Kier alpha value is -2.03. The Morgan fingerprint density at radius 3 is 1.03 bits per heavy atom. The molecular weight excluding hydrogens is 1000 g/mol. The molecule has 0 aliphatic heterocycles. The fourth-order valence-electron chi connectivity index (χ4n) is 9.84. The summed E-state index contributed by atoms with van der Waals surface area (Å²) in [7, 11) is 1.49. The van der Waals surface area contributed by atoms with Crippen LogP contribution in [0.4, 0.5) is 0 Å². The van der Waals surface area contributed by atoms with E-state index in [1.807, 2.05) is 21.1 Å². The Bertz CT molecular complexity index is 1470. The molecule has 1 N–H and O–H groups in total. The molecule has 0 spiro atoms. The molecule has 0 saturated carbocycles. The maximum absolute atomic E-state index is 12.9. The number of phosphoric acid groups is 1. The number of quaternary nitrogens is 1. The third-order valence-corrected chi connectivity index (χ3v) is 16.1. The number of hydrogen-bond donors (Lipinski definition) is 1. The van der Waals surface area contributed by atoms with Gasteiger partial charge in [0.05, 0.1) is 27.7 Å². The van der Waals surface area contributed by atoms with Crippen LogP contribution in [-0.4, -0.2) is 74.9 Å². The molecule has 2 unspecified atom stereocenters. The Kier molecular flexibility index (Phi) is 59.0. The third-order valence-electron chi connectivity index (χ3n) is 15.1. The highest BCUT2D eigenvalue weighted by Gasteiger charge is 2.27. The molecule has 9 nitrogen and oxygen atoms in total. The van der Waals surface area contributed by atoms with Crippen molar-refractivity contribution in [3.05, 3.63) is 48.6 Å². The highest BCUT2D eigenvalue weighted by atomic mass is 31.2. The molecule has 0 heterocycles. The quantitative estimate of drug-likeness (QED) is 0.0211. The van der Waals surface area contributed by atoms with Gasteiger partial charge in [0.2, 0.25) is 0 Å². The maximum atomic E-state index is 12.9. The lowest BCUT2D eigenvalue weighted by molar-refractivity contribution is -0.870. The fourth-order valence-corrected chi connectivity index (χ4v) is 10.6. The maximum Gasteiger partial charge on any atom is 0.472 e. The zero-order valence-electron chi connectivity index (χ0n) is 52.9. The monoisotopic (exact) mass is 1130 g/mol. The molecule has 0 aromatic rings. The number of esters is 2.